The molecule has 2 aromatic heterocycles. The molecule has 39 heavy (non-hydrogen) atoms. The monoisotopic (exact) mass is 547 g/mol. The maximum Gasteiger partial charge on any atom is 0.236 e. The smallest absolute Gasteiger partial charge is 0.236 e. The molecule has 0 bridgehead atoms. The van der Waals surface area contributed by atoms with Crippen molar-refractivity contribution in [1.82, 2.24) is 19.7 Å². The van der Waals surface area contributed by atoms with Crippen molar-refractivity contribution in [1.29, 1.82) is 0 Å². The number of rotatable bonds is 8. The first-order valence-electron chi connectivity index (χ1n) is 12.6. The van der Waals surface area contributed by atoms with Crippen molar-refractivity contribution in [3.8, 4) is 17.1 Å². The second-order valence-electron chi connectivity index (χ2n) is 9.13. The van der Waals surface area contributed by atoms with Crippen molar-refractivity contribution >= 4 is 44.9 Å². The van der Waals surface area contributed by atoms with E-state index in [0.717, 1.165) is 28.4 Å². The van der Waals surface area contributed by atoms with Crippen LogP contribution in [0.4, 0.5) is 5.13 Å². The lowest BCUT2D eigenvalue weighted by atomic mass is 10.0. The number of thioether (sulfide) groups is 1. The SMILES string of the molecule is Cc1ccc(-n2c(SCC(=O)Nc3ncc(Cc4cccc5ccccc45)s3)nnc2-c2ccccc2)cc1. The molecule has 192 valence electrons. The molecule has 6 nitrogen and oxygen atoms in total. The van der Waals surface area contributed by atoms with Gasteiger partial charge in [-0.15, -0.1) is 21.5 Å². The Morgan fingerprint density at radius 2 is 1.67 bits per heavy atom. The van der Waals surface area contributed by atoms with Crippen LogP contribution in [-0.2, 0) is 11.2 Å². The first kappa shape index (κ1) is 25.0. The van der Waals surface area contributed by atoms with Gasteiger partial charge in [-0.1, -0.05) is 102 Å². The summed E-state index contributed by atoms with van der Waals surface area (Å²) in [6.07, 6.45) is 2.61. The van der Waals surface area contributed by atoms with Crippen LogP contribution in [0.25, 0.3) is 27.8 Å². The molecule has 0 spiro atoms. The van der Waals surface area contributed by atoms with Crippen molar-refractivity contribution < 1.29 is 4.79 Å². The lowest BCUT2D eigenvalue weighted by Crippen LogP contribution is -2.14. The number of carbonyl (C=O) groups is 1. The first-order chi connectivity index (χ1) is 19.1. The third kappa shape index (κ3) is 5.62. The lowest BCUT2D eigenvalue weighted by molar-refractivity contribution is -0.113. The Kier molecular flexibility index (Phi) is 7.21. The van der Waals surface area contributed by atoms with Gasteiger partial charge in [0.1, 0.15) is 0 Å². The fraction of sp³-hybridized carbons (Fsp3) is 0.0968. The molecule has 1 N–H and O–H groups in total. The quantitative estimate of drug-likeness (QED) is 0.205. The molecule has 1 amide bonds. The molecule has 0 aliphatic rings. The van der Waals surface area contributed by atoms with Crippen LogP contribution >= 0.6 is 23.1 Å². The van der Waals surface area contributed by atoms with Gasteiger partial charge in [-0.25, -0.2) is 4.98 Å². The summed E-state index contributed by atoms with van der Waals surface area (Å²) in [6, 6.07) is 32.9. The zero-order valence-corrected chi connectivity index (χ0v) is 22.9. The van der Waals surface area contributed by atoms with Crippen LogP contribution in [0, 0.1) is 6.92 Å². The van der Waals surface area contributed by atoms with Gasteiger partial charge in [0, 0.05) is 28.7 Å². The van der Waals surface area contributed by atoms with Crippen molar-refractivity contribution in [2.45, 2.75) is 18.5 Å². The number of fused-ring (bicyclic) bond motifs is 1. The Labute approximate surface area is 234 Å². The normalized spacial score (nSPS) is 11.1. The fourth-order valence-corrected chi connectivity index (χ4v) is 6.03. The van der Waals surface area contributed by atoms with Crippen LogP contribution in [0.15, 0.2) is 108 Å². The number of nitrogens with one attached hydrogen (secondary N) is 1. The number of carbonyl (C=O) groups excluding carboxylic acids is 1. The number of aryl methyl sites for hydroxylation is 1. The van der Waals surface area contributed by atoms with E-state index in [1.165, 1.54) is 45.0 Å². The van der Waals surface area contributed by atoms with E-state index in [9.17, 15) is 4.79 Å². The third-order valence-electron chi connectivity index (χ3n) is 6.33. The van der Waals surface area contributed by atoms with Crippen LogP contribution in [0.5, 0.6) is 0 Å². The summed E-state index contributed by atoms with van der Waals surface area (Å²) in [7, 11) is 0. The first-order valence-corrected chi connectivity index (χ1v) is 14.4. The predicted molar refractivity (Wildman–Crippen MR) is 160 cm³/mol. The van der Waals surface area contributed by atoms with Crippen molar-refractivity contribution in [3.63, 3.8) is 0 Å². The summed E-state index contributed by atoms with van der Waals surface area (Å²) in [6.45, 7) is 2.06. The molecule has 0 aliphatic heterocycles. The summed E-state index contributed by atoms with van der Waals surface area (Å²) in [5.74, 6) is 0.794. The second kappa shape index (κ2) is 11.2. The van der Waals surface area contributed by atoms with Gasteiger partial charge in [-0.2, -0.15) is 0 Å². The van der Waals surface area contributed by atoms with E-state index in [2.05, 4.69) is 82.0 Å². The van der Waals surface area contributed by atoms with Crippen LogP contribution in [0.2, 0.25) is 0 Å². The molecule has 6 aromatic rings. The van der Waals surface area contributed by atoms with Gasteiger partial charge in [0.25, 0.3) is 0 Å². The number of aromatic nitrogens is 4. The number of nitrogens with zero attached hydrogens (tertiary/aromatic N) is 4. The minimum atomic E-state index is -0.134. The van der Waals surface area contributed by atoms with E-state index in [1.54, 1.807) is 0 Å². The Bertz CT molecular complexity index is 1740. The highest BCUT2D eigenvalue weighted by Crippen LogP contribution is 2.29. The molecule has 6 rings (SSSR count). The summed E-state index contributed by atoms with van der Waals surface area (Å²) < 4.78 is 2.00. The van der Waals surface area contributed by atoms with Gasteiger partial charge in [-0.3, -0.25) is 9.36 Å². The summed E-state index contributed by atoms with van der Waals surface area (Å²) in [5, 5.41) is 15.6. The maximum atomic E-state index is 12.9. The molecule has 0 radical (unpaired) electrons. The molecule has 0 atom stereocenters. The van der Waals surface area contributed by atoms with Gasteiger partial charge in [0.05, 0.1) is 5.75 Å². The van der Waals surface area contributed by atoms with Crippen LogP contribution in [0.1, 0.15) is 16.0 Å². The van der Waals surface area contributed by atoms with Gasteiger partial charge >= 0.3 is 0 Å². The lowest BCUT2D eigenvalue weighted by Gasteiger charge is -2.10. The maximum absolute atomic E-state index is 12.9. The van der Waals surface area contributed by atoms with Gasteiger partial charge < -0.3 is 5.32 Å². The number of amides is 1. The minimum Gasteiger partial charge on any atom is -0.301 e. The van der Waals surface area contributed by atoms with Gasteiger partial charge in [0.15, 0.2) is 16.1 Å². The average Bonchev–Trinajstić information content (AvgIpc) is 3.60. The van der Waals surface area contributed by atoms with Crippen molar-refractivity contribution in [2.75, 3.05) is 11.1 Å². The van der Waals surface area contributed by atoms with Crippen LogP contribution in [-0.4, -0.2) is 31.4 Å². The predicted octanol–water partition coefficient (Wildman–Crippen LogP) is 7.17. The standard InChI is InChI=1S/C31H25N5OS2/c1-21-14-16-25(17-15-21)36-29(23-9-3-2-4-10-23)34-35-31(36)38-20-28(37)33-30-32-19-26(39-30)18-24-12-7-11-22-8-5-6-13-27(22)24/h2-17,19H,18,20H2,1H3,(H,32,33,37). The molecule has 8 heteroatoms. The van der Waals surface area contributed by atoms with E-state index >= 15 is 0 Å². The number of benzene rings is 4. The van der Waals surface area contributed by atoms with Crippen LogP contribution < -0.4 is 5.32 Å². The summed E-state index contributed by atoms with van der Waals surface area (Å²) >= 11 is 2.86. The Morgan fingerprint density at radius 1 is 0.897 bits per heavy atom. The number of hydrogen-bond acceptors (Lipinski definition) is 6. The number of hydrogen-bond donors (Lipinski definition) is 1. The van der Waals surface area contributed by atoms with Gasteiger partial charge in [0.2, 0.25) is 5.91 Å². The van der Waals surface area contributed by atoms with E-state index in [4.69, 9.17) is 0 Å². The average molecular weight is 548 g/mol. The van der Waals surface area contributed by atoms with E-state index in [1.807, 2.05) is 53.2 Å². The zero-order valence-electron chi connectivity index (χ0n) is 21.2. The molecular formula is C31H25N5OS2. The topological polar surface area (TPSA) is 72.7 Å². The Morgan fingerprint density at radius 3 is 2.51 bits per heavy atom. The Hall–Kier alpha value is -4.27. The number of anilines is 1. The number of thiazole rings is 1. The highest BCUT2D eigenvalue weighted by molar-refractivity contribution is 7.99. The van der Waals surface area contributed by atoms with E-state index in [-0.39, 0.29) is 11.7 Å². The molecule has 0 unspecified atom stereocenters. The van der Waals surface area contributed by atoms with E-state index < -0.39 is 0 Å². The zero-order chi connectivity index (χ0) is 26.6. The second-order valence-corrected chi connectivity index (χ2v) is 11.2. The highest BCUT2D eigenvalue weighted by Gasteiger charge is 2.18. The summed E-state index contributed by atoms with van der Waals surface area (Å²) in [4.78, 5) is 18.4. The van der Waals surface area contributed by atoms with Crippen LogP contribution in [0.3, 0.4) is 0 Å². The van der Waals surface area contributed by atoms with Crippen molar-refractivity contribution in [2.24, 2.45) is 0 Å². The highest BCUT2D eigenvalue weighted by atomic mass is 32.2. The van der Waals surface area contributed by atoms with Gasteiger partial charge in [-0.05, 0) is 35.4 Å². The molecular weight excluding hydrogens is 523 g/mol. The Balaban J connectivity index is 1.16. The molecule has 2 heterocycles. The largest absolute Gasteiger partial charge is 0.301 e. The minimum absolute atomic E-state index is 0.134. The molecule has 0 saturated carbocycles. The fourth-order valence-electron chi connectivity index (χ4n) is 4.43. The summed E-state index contributed by atoms with van der Waals surface area (Å²) in [5.41, 5.74) is 4.33. The van der Waals surface area contributed by atoms with E-state index in [0.29, 0.717) is 10.3 Å². The molecule has 0 fully saturated rings. The molecule has 4 aromatic carbocycles. The molecule has 0 aliphatic carbocycles. The molecule has 0 saturated heterocycles. The van der Waals surface area contributed by atoms with Crippen molar-refractivity contribution in [3.05, 3.63) is 119 Å². The third-order valence-corrected chi connectivity index (χ3v) is 8.18.